The molecule has 18 heavy (non-hydrogen) atoms. The lowest BCUT2D eigenvalue weighted by atomic mass is 10.0. The number of nitrogens with two attached hydrogens (primary N) is 1. The molecule has 0 amide bonds. The number of rotatable bonds is 5. The third-order valence-corrected chi connectivity index (χ3v) is 3.52. The Labute approximate surface area is 114 Å². The number of benzene rings is 1. The molecule has 0 aliphatic rings. The van der Waals surface area contributed by atoms with Crippen LogP contribution >= 0.6 is 15.9 Å². The SMILES string of the molecule is COc1ccc(Br)c(C(Cc2ccoc2)NN)c1. The van der Waals surface area contributed by atoms with E-state index in [-0.39, 0.29) is 6.04 Å². The van der Waals surface area contributed by atoms with Gasteiger partial charge in [0, 0.05) is 4.47 Å². The maximum Gasteiger partial charge on any atom is 0.119 e. The Morgan fingerprint density at radius 2 is 2.28 bits per heavy atom. The molecule has 0 aliphatic carbocycles. The van der Waals surface area contributed by atoms with Crippen LogP contribution in [0.25, 0.3) is 0 Å². The number of hydrazine groups is 1. The molecule has 0 fully saturated rings. The predicted molar refractivity (Wildman–Crippen MR) is 73.2 cm³/mol. The van der Waals surface area contributed by atoms with E-state index in [1.54, 1.807) is 19.6 Å². The standard InChI is InChI=1S/C13H15BrN2O2/c1-17-10-2-3-12(14)11(7-10)13(16-15)6-9-4-5-18-8-9/h2-5,7-8,13,16H,6,15H2,1H3. The van der Waals surface area contributed by atoms with Crippen molar-refractivity contribution in [2.45, 2.75) is 12.5 Å². The van der Waals surface area contributed by atoms with Gasteiger partial charge >= 0.3 is 0 Å². The molecule has 0 radical (unpaired) electrons. The zero-order valence-electron chi connectivity index (χ0n) is 10.0. The van der Waals surface area contributed by atoms with Crippen LogP contribution < -0.4 is 16.0 Å². The lowest BCUT2D eigenvalue weighted by molar-refractivity contribution is 0.412. The Hall–Kier alpha value is -1.30. The summed E-state index contributed by atoms with van der Waals surface area (Å²) in [6, 6.07) is 7.74. The minimum absolute atomic E-state index is 0.00734. The van der Waals surface area contributed by atoms with Crippen molar-refractivity contribution in [3.05, 3.63) is 52.4 Å². The van der Waals surface area contributed by atoms with Gasteiger partial charge in [-0.2, -0.15) is 0 Å². The zero-order chi connectivity index (χ0) is 13.0. The second-order valence-corrected chi connectivity index (χ2v) is 4.80. The van der Waals surface area contributed by atoms with E-state index in [0.29, 0.717) is 0 Å². The number of furan rings is 1. The van der Waals surface area contributed by atoms with Gasteiger partial charge in [-0.15, -0.1) is 0 Å². The average Bonchev–Trinajstić information content (AvgIpc) is 2.90. The first-order chi connectivity index (χ1) is 8.74. The normalized spacial score (nSPS) is 12.4. The van der Waals surface area contributed by atoms with Crippen LogP contribution in [0.3, 0.4) is 0 Å². The lowest BCUT2D eigenvalue weighted by Gasteiger charge is -2.18. The van der Waals surface area contributed by atoms with E-state index < -0.39 is 0 Å². The topological polar surface area (TPSA) is 60.4 Å². The number of methoxy groups -OCH3 is 1. The second-order valence-electron chi connectivity index (χ2n) is 3.94. The number of nitrogens with one attached hydrogen (secondary N) is 1. The van der Waals surface area contributed by atoms with E-state index in [0.717, 1.165) is 27.8 Å². The van der Waals surface area contributed by atoms with Gasteiger partial charge in [0.1, 0.15) is 5.75 Å². The van der Waals surface area contributed by atoms with Crippen LogP contribution in [0, 0.1) is 0 Å². The molecule has 1 aromatic heterocycles. The van der Waals surface area contributed by atoms with E-state index in [1.807, 2.05) is 24.3 Å². The predicted octanol–water partition coefficient (Wildman–Crippen LogP) is 2.80. The van der Waals surface area contributed by atoms with Gasteiger partial charge in [0.15, 0.2) is 0 Å². The van der Waals surface area contributed by atoms with Crippen molar-refractivity contribution >= 4 is 15.9 Å². The molecule has 2 rings (SSSR count). The number of halogens is 1. The first kappa shape index (κ1) is 13.1. The second kappa shape index (κ2) is 6.04. The van der Waals surface area contributed by atoms with Crippen molar-refractivity contribution in [3.8, 4) is 5.75 Å². The number of hydrogen-bond acceptors (Lipinski definition) is 4. The molecule has 2 aromatic rings. The summed E-state index contributed by atoms with van der Waals surface area (Å²) < 4.78 is 11.3. The molecule has 96 valence electrons. The molecule has 5 heteroatoms. The van der Waals surface area contributed by atoms with Gasteiger partial charge in [-0.1, -0.05) is 15.9 Å². The fourth-order valence-electron chi connectivity index (χ4n) is 1.82. The first-order valence-corrected chi connectivity index (χ1v) is 6.34. The fourth-order valence-corrected chi connectivity index (χ4v) is 2.34. The number of ether oxygens (including phenoxy) is 1. The Kier molecular flexibility index (Phi) is 4.41. The number of hydrogen-bond donors (Lipinski definition) is 2. The van der Waals surface area contributed by atoms with Crippen LogP contribution in [0.4, 0.5) is 0 Å². The molecule has 0 saturated heterocycles. The van der Waals surface area contributed by atoms with E-state index in [4.69, 9.17) is 15.0 Å². The Morgan fingerprint density at radius 1 is 1.44 bits per heavy atom. The zero-order valence-corrected chi connectivity index (χ0v) is 11.6. The smallest absolute Gasteiger partial charge is 0.119 e. The van der Waals surface area contributed by atoms with Crippen molar-refractivity contribution in [1.82, 2.24) is 5.43 Å². The van der Waals surface area contributed by atoms with E-state index in [1.165, 1.54) is 0 Å². The maximum atomic E-state index is 5.64. The Morgan fingerprint density at radius 3 is 2.89 bits per heavy atom. The van der Waals surface area contributed by atoms with Gasteiger partial charge in [-0.25, -0.2) is 0 Å². The molecule has 1 aromatic carbocycles. The summed E-state index contributed by atoms with van der Waals surface area (Å²) >= 11 is 3.53. The summed E-state index contributed by atoms with van der Waals surface area (Å²) in [6.07, 6.45) is 4.13. The van der Waals surface area contributed by atoms with Crippen molar-refractivity contribution in [3.63, 3.8) is 0 Å². The van der Waals surface area contributed by atoms with Gasteiger partial charge in [0.2, 0.25) is 0 Å². The monoisotopic (exact) mass is 310 g/mol. The highest BCUT2D eigenvalue weighted by molar-refractivity contribution is 9.10. The molecule has 0 spiro atoms. The Balaban J connectivity index is 2.26. The summed E-state index contributed by atoms with van der Waals surface area (Å²) in [6.45, 7) is 0. The fraction of sp³-hybridized carbons (Fsp3) is 0.231. The highest BCUT2D eigenvalue weighted by Gasteiger charge is 2.15. The van der Waals surface area contributed by atoms with Crippen LogP contribution in [-0.2, 0) is 6.42 Å². The van der Waals surface area contributed by atoms with Crippen LogP contribution in [0.5, 0.6) is 5.75 Å². The van der Waals surface area contributed by atoms with Crippen molar-refractivity contribution in [1.29, 1.82) is 0 Å². The van der Waals surface area contributed by atoms with Crippen LogP contribution in [0.2, 0.25) is 0 Å². The third-order valence-electron chi connectivity index (χ3n) is 2.80. The quantitative estimate of drug-likeness (QED) is 0.658. The lowest BCUT2D eigenvalue weighted by Crippen LogP contribution is -2.29. The molecule has 4 nitrogen and oxygen atoms in total. The van der Waals surface area contributed by atoms with E-state index >= 15 is 0 Å². The minimum Gasteiger partial charge on any atom is -0.497 e. The maximum absolute atomic E-state index is 5.64. The average molecular weight is 311 g/mol. The largest absolute Gasteiger partial charge is 0.497 e. The van der Waals surface area contributed by atoms with Crippen LogP contribution in [-0.4, -0.2) is 7.11 Å². The van der Waals surface area contributed by atoms with Crippen molar-refractivity contribution in [2.75, 3.05) is 7.11 Å². The van der Waals surface area contributed by atoms with Crippen LogP contribution in [0.15, 0.2) is 45.7 Å². The van der Waals surface area contributed by atoms with Crippen molar-refractivity contribution < 1.29 is 9.15 Å². The molecular formula is C13H15BrN2O2. The molecule has 0 bridgehead atoms. The third kappa shape index (κ3) is 2.93. The molecule has 3 N–H and O–H groups in total. The van der Waals surface area contributed by atoms with E-state index in [9.17, 15) is 0 Å². The Bertz CT molecular complexity index is 500. The van der Waals surface area contributed by atoms with Gasteiger partial charge in [-0.05, 0) is 41.8 Å². The molecule has 0 saturated carbocycles. The van der Waals surface area contributed by atoms with Gasteiger partial charge in [-0.3, -0.25) is 11.3 Å². The summed E-state index contributed by atoms with van der Waals surface area (Å²) in [5, 5.41) is 0. The summed E-state index contributed by atoms with van der Waals surface area (Å²) in [5.74, 6) is 6.45. The highest BCUT2D eigenvalue weighted by Crippen LogP contribution is 2.29. The van der Waals surface area contributed by atoms with Crippen molar-refractivity contribution in [2.24, 2.45) is 5.84 Å². The van der Waals surface area contributed by atoms with E-state index in [2.05, 4.69) is 21.4 Å². The molecule has 1 unspecified atom stereocenters. The van der Waals surface area contributed by atoms with Gasteiger partial charge < -0.3 is 9.15 Å². The van der Waals surface area contributed by atoms with Gasteiger partial charge in [0.05, 0.1) is 25.7 Å². The molecule has 1 heterocycles. The minimum atomic E-state index is -0.00734. The summed E-state index contributed by atoms with van der Waals surface area (Å²) in [7, 11) is 1.65. The summed E-state index contributed by atoms with van der Waals surface area (Å²) in [5.41, 5.74) is 4.97. The summed E-state index contributed by atoms with van der Waals surface area (Å²) in [4.78, 5) is 0. The van der Waals surface area contributed by atoms with Crippen LogP contribution in [0.1, 0.15) is 17.2 Å². The molecule has 0 aliphatic heterocycles. The molecule has 1 atom stereocenters. The highest BCUT2D eigenvalue weighted by atomic mass is 79.9. The first-order valence-electron chi connectivity index (χ1n) is 5.55. The molecular weight excluding hydrogens is 296 g/mol. The van der Waals surface area contributed by atoms with Gasteiger partial charge in [0.25, 0.3) is 0 Å².